The third kappa shape index (κ3) is 2.76. The zero-order chi connectivity index (χ0) is 10.4. The molecule has 14 heavy (non-hydrogen) atoms. The maximum atomic E-state index is 3.25. The van der Waals surface area contributed by atoms with Gasteiger partial charge in [0.25, 0.3) is 0 Å². The maximum Gasteiger partial charge on any atom is 0.0370 e. The minimum atomic E-state index is 1.17. The van der Waals surface area contributed by atoms with E-state index in [1.165, 1.54) is 42.5 Å². The Morgan fingerprint density at radius 2 is 1.79 bits per heavy atom. The number of rotatable bonds is 5. The Morgan fingerprint density at radius 1 is 1.07 bits per heavy atom. The third-order valence-electron chi connectivity index (χ3n) is 2.50. The molecule has 0 aromatic heterocycles. The van der Waals surface area contributed by atoms with Crippen molar-refractivity contribution in [3.05, 3.63) is 29.3 Å². The van der Waals surface area contributed by atoms with Crippen molar-refractivity contribution in [2.75, 3.05) is 12.4 Å². The lowest BCUT2D eigenvalue weighted by molar-refractivity contribution is 0.896. The summed E-state index contributed by atoms with van der Waals surface area (Å²) in [5.74, 6) is 0. The molecule has 1 aromatic rings. The van der Waals surface area contributed by atoms with Gasteiger partial charge in [-0.1, -0.05) is 38.8 Å². The first-order valence-electron chi connectivity index (χ1n) is 5.61. The number of anilines is 1. The Labute approximate surface area is 87.5 Å². The summed E-state index contributed by atoms with van der Waals surface area (Å²) in [6.07, 6.45) is 4.81. The summed E-state index contributed by atoms with van der Waals surface area (Å²) in [5.41, 5.74) is 4.21. The molecule has 1 aromatic carbocycles. The molecule has 1 N–H and O–H groups in total. The monoisotopic (exact) mass is 191 g/mol. The van der Waals surface area contributed by atoms with Crippen LogP contribution in [0.5, 0.6) is 0 Å². The molecule has 0 heterocycles. The van der Waals surface area contributed by atoms with Crippen LogP contribution < -0.4 is 5.32 Å². The van der Waals surface area contributed by atoms with Crippen molar-refractivity contribution in [2.24, 2.45) is 0 Å². The quantitative estimate of drug-likeness (QED) is 0.749. The first kappa shape index (κ1) is 11.1. The van der Waals surface area contributed by atoms with Gasteiger partial charge in [0.1, 0.15) is 0 Å². The second kappa shape index (κ2) is 5.69. The number of benzene rings is 1. The summed E-state index contributed by atoms with van der Waals surface area (Å²) < 4.78 is 0. The van der Waals surface area contributed by atoms with E-state index >= 15 is 0 Å². The van der Waals surface area contributed by atoms with Gasteiger partial charge in [-0.2, -0.15) is 0 Å². The van der Waals surface area contributed by atoms with Gasteiger partial charge in [0, 0.05) is 12.7 Å². The van der Waals surface area contributed by atoms with Gasteiger partial charge in [-0.3, -0.25) is 0 Å². The van der Waals surface area contributed by atoms with Crippen LogP contribution in [0.4, 0.5) is 5.69 Å². The molecule has 78 valence electrons. The molecule has 0 spiro atoms. The van der Waals surface area contributed by atoms with Gasteiger partial charge in [-0.05, 0) is 30.0 Å². The molecule has 0 atom stereocenters. The van der Waals surface area contributed by atoms with E-state index in [2.05, 4.69) is 37.4 Å². The van der Waals surface area contributed by atoms with E-state index in [-0.39, 0.29) is 0 Å². The van der Waals surface area contributed by atoms with Crippen LogP contribution in [0.3, 0.4) is 0 Å². The first-order valence-corrected chi connectivity index (χ1v) is 5.61. The highest BCUT2D eigenvalue weighted by Crippen LogP contribution is 2.19. The van der Waals surface area contributed by atoms with Crippen molar-refractivity contribution < 1.29 is 0 Å². The van der Waals surface area contributed by atoms with Gasteiger partial charge in [0.05, 0.1) is 0 Å². The fraction of sp³-hybridized carbons (Fsp3) is 0.538. The van der Waals surface area contributed by atoms with Crippen molar-refractivity contribution in [2.45, 2.75) is 39.5 Å². The fourth-order valence-corrected chi connectivity index (χ4v) is 1.81. The van der Waals surface area contributed by atoms with Gasteiger partial charge in [0.2, 0.25) is 0 Å². The Kier molecular flexibility index (Phi) is 4.51. The largest absolute Gasteiger partial charge is 0.388 e. The normalized spacial score (nSPS) is 10.2. The zero-order valence-electron chi connectivity index (χ0n) is 9.56. The summed E-state index contributed by atoms with van der Waals surface area (Å²) in [4.78, 5) is 0. The van der Waals surface area contributed by atoms with E-state index in [1.54, 1.807) is 0 Å². The van der Waals surface area contributed by atoms with Gasteiger partial charge in [-0.15, -0.1) is 0 Å². The molecule has 0 aliphatic heterocycles. The molecule has 1 nitrogen and oxygen atoms in total. The Balaban J connectivity index is 2.88. The minimum absolute atomic E-state index is 1.17. The molecule has 1 heteroatoms. The molecule has 0 aliphatic carbocycles. The summed E-state index contributed by atoms with van der Waals surface area (Å²) >= 11 is 0. The third-order valence-corrected chi connectivity index (χ3v) is 2.50. The van der Waals surface area contributed by atoms with Crippen LogP contribution >= 0.6 is 0 Å². The molecule has 0 radical (unpaired) electrons. The van der Waals surface area contributed by atoms with Crippen molar-refractivity contribution in [1.82, 2.24) is 0 Å². The van der Waals surface area contributed by atoms with Gasteiger partial charge >= 0.3 is 0 Å². The number of aryl methyl sites for hydroxylation is 2. The number of hydrogen-bond acceptors (Lipinski definition) is 1. The van der Waals surface area contributed by atoms with Gasteiger partial charge in [0.15, 0.2) is 0 Å². The summed E-state index contributed by atoms with van der Waals surface area (Å²) in [6, 6.07) is 6.78. The Hall–Kier alpha value is -0.980. The van der Waals surface area contributed by atoms with Crippen molar-refractivity contribution >= 4 is 5.69 Å². The van der Waals surface area contributed by atoms with Crippen LogP contribution in [0.25, 0.3) is 0 Å². The van der Waals surface area contributed by atoms with E-state index in [9.17, 15) is 0 Å². The standard InChI is InChI=1S/C13H21N/c1-4-6-11-8-9-13(14-3)12(10-11)7-5-2/h8-10,14H,4-7H2,1-3H3. The molecular weight excluding hydrogens is 170 g/mol. The summed E-state index contributed by atoms with van der Waals surface area (Å²) in [5, 5.41) is 3.25. The first-order chi connectivity index (χ1) is 6.81. The lowest BCUT2D eigenvalue weighted by Gasteiger charge is -2.10. The molecule has 0 unspecified atom stereocenters. The van der Waals surface area contributed by atoms with E-state index in [1.807, 2.05) is 7.05 Å². The van der Waals surface area contributed by atoms with Crippen molar-refractivity contribution in [3.8, 4) is 0 Å². The molecule has 0 saturated heterocycles. The summed E-state index contributed by atoms with van der Waals surface area (Å²) in [7, 11) is 1.99. The van der Waals surface area contributed by atoms with Gasteiger partial charge < -0.3 is 5.32 Å². The van der Waals surface area contributed by atoms with E-state index in [0.29, 0.717) is 0 Å². The Morgan fingerprint density at radius 3 is 2.36 bits per heavy atom. The van der Waals surface area contributed by atoms with Gasteiger partial charge in [-0.25, -0.2) is 0 Å². The van der Waals surface area contributed by atoms with Crippen molar-refractivity contribution in [3.63, 3.8) is 0 Å². The molecule has 0 aliphatic rings. The molecule has 0 bridgehead atoms. The molecular formula is C13H21N. The minimum Gasteiger partial charge on any atom is -0.388 e. The smallest absolute Gasteiger partial charge is 0.0370 e. The highest BCUT2D eigenvalue weighted by molar-refractivity contribution is 5.52. The van der Waals surface area contributed by atoms with Crippen LogP contribution in [-0.4, -0.2) is 7.05 Å². The lowest BCUT2D eigenvalue weighted by atomic mass is 10.0. The van der Waals surface area contributed by atoms with Crippen LogP contribution in [0.15, 0.2) is 18.2 Å². The molecule has 0 fully saturated rings. The van der Waals surface area contributed by atoms with Crippen LogP contribution in [0, 0.1) is 0 Å². The second-order valence-corrected chi connectivity index (χ2v) is 3.74. The zero-order valence-corrected chi connectivity index (χ0v) is 9.56. The molecule has 1 rings (SSSR count). The highest BCUT2D eigenvalue weighted by atomic mass is 14.8. The predicted octanol–water partition coefficient (Wildman–Crippen LogP) is 3.63. The van der Waals surface area contributed by atoms with Crippen molar-refractivity contribution in [1.29, 1.82) is 0 Å². The predicted molar refractivity (Wildman–Crippen MR) is 64.0 cm³/mol. The topological polar surface area (TPSA) is 12.0 Å². The lowest BCUT2D eigenvalue weighted by Crippen LogP contribution is -1.97. The average Bonchev–Trinajstić information content (AvgIpc) is 2.19. The van der Waals surface area contributed by atoms with E-state index in [4.69, 9.17) is 0 Å². The van der Waals surface area contributed by atoms with Crippen LogP contribution in [-0.2, 0) is 12.8 Å². The second-order valence-electron chi connectivity index (χ2n) is 3.74. The maximum absolute atomic E-state index is 3.25. The number of nitrogens with one attached hydrogen (secondary N) is 1. The molecule has 0 saturated carbocycles. The molecule has 0 amide bonds. The summed E-state index contributed by atoms with van der Waals surface area (Å²) in [6.45, 7) is 4.46. The fourth-order valence-electron chi connectivity index (χ4n) is 1.81. The SMILES string of the molecule is CCCc1ccc(NC)c(CCC)c1. The van der Waals surface area contributed by atoms with E-state index < -0.39 is 0 Å². The average molecular weight is 191 g/mol. The van der Waals surface area contributed by atoms with Crippen LogP contribution in [0.2, 0.25) is 0 Å². The highest BCUT2D eigenvalue weighted by Gasteiger charge is 2.01. The number of hydrogen-bond donors (Lipinski definition) is 1. The van der Waals surface area contributed by atoms with Crippen LogP contribution in [0.1, 0.15) is 37.8 Å². The van der Waals surface area contributed by atoms with E-state index in [0.717, 1.165) is 0 Å². The Bertz CT molecular complexity index is 279.